The van der Waals surface area contributed by atoms with Gasteiger partial charge in [0.15, 0.2) is 0 Å². The average molecular weight is 420 g/mol. The Morgan fingerprint density at radius 1 is 1.21 bits per heavy atom. The summed E-state index contributed by atoms with van der Waals surface area (Å²) in [5.74, 6) is 0.747. The van der Waals surface area contributed by atoms with Gasteiger partial charge in [-0.1, -0.05) is 67.0 Å². The van der Waals surface area contributed by atoms with Crippen LogP contribution in [-0.4, -0.2) is 40.3 Å². The number of allylic oxidation sites excluding steroid dienone is 4. The van der Waals surface area contributed by atoms with Crippen molar-refractivity contribution in [3.63, 3.8) is 0 Å². The summed E-state index contributed by atoms with van der Waals surface area (Å²) in [6.45, 7) is 6.72. The highest BCUT2D eigenvalue weighted by Gasteiger charge is 2.59. The van der Waals surface area contributed by atoms with E-state index in [1.165, 1.54) is 30.9 Å². The van der Waals surface area contributed by atoms with Crippen molar-refractivity contribution < 1.29 is 13.5 Å². The monoisotopic (exact) mass is 420 g/mol. The van der Waals surface area contributed by atoms with E-state index < -0.39 is 0 Å². The Morgan fingerprint density at radius 3 is 2.75 bits per heavy atom. The molecule has 4 rings (SSSR count). The van der Waals surface area contributed by atoms with E-state index in [0.717, 1.165) is 55.9 Å². The molecule has 4 aliphatic rings. The van der Waals surface area contributed by atoms with E-state index in [9.17, 15) is 5.11 Å². The lowest BCUT2D eigenvalue weighted by atomic mass is 9.50. The SMILES string of the molecule is [3H][B]SO[C@@H]1CC2=CC=C3C(CC[C@]4(C)C(=CC)[C@H](O)CC34)[C@@]2(C)[C@@H](OS[B][3H])C1. The summed E-state index contributed by atoms with van der Waals surface area (Å²) in [4.78, 5) is 0. The van der Waals surface area contributed by atoms with E-state index >= 15 is 0 Å². The molecule has 150 valence electrons. The smallest absolute Gasteiger partial charge is 0.209 e. The molecule has 28 heavy (non-hydrogen) atoms. The Kier molecular flexibility index (Phi) is 5.26. The highest BCUT2D eigenvalue weighted by atomic mass is 32.2. The van der Waals surface area contributed by atoms with Crippen LogP contribution in [-0.2, 0) is 8.37 Å². The van der Waals surface area contributed by atoms with Crippen LogP contribution in [0.3, 0.4) is 0 Å². The number of fused-ring (bicyclic) bond motifs is 5. The molecule has 0 spiro atoms. The molecule has 0 aliphatic heterocycles. The van der Waals surface area contributed by atoms with Gasteiger partial charge in [0.1, 0.15) is 0 Å². The molecule has 3 saturated carbocycles. The van der Waals surface area contributed by atoms with Crippen LogP contribution in [0.4, 0.5) is 0 Å². The molecule has 3 nitrogen and oxygen atoms in total. The van der Waals surface area contributed by atoms with Crippen LogP contribution >= 0.6 is 23.8 Å². The van der Waals surface area contributed by atoms with Gasteiger partial charge in [0.25, 0.3) is 0 Å². The van der Waals surface area contributed by atoms with Crippen LogP contribution in [0.5, 0.6) is 0 Å². The second kappa shape index (κ2) is 7.88. The summed E-state index contributed by atoms with van der Waals surface area (Å²) in [5.41, 5.74) is 3.92. The van der Waals surface area contributed by atoms with Crippen molar-refractivity contribution in [2.75, 3.05) is 0 Å². The number of rotatable bonds is 6. The zero-order chi connectivity index (χ0) is 21.5. The van der Waals surface area contributed by atoms with Crippen molar-refractivity contribution in [2.24, 2.45) is 22.7 Å². The molecule has 1 N–H and O–H groups in total. The molecule has 0 aromatic heterocycles. The fourth-order valence-corrected chi connectivity index (χ4v) is 7.47. The molecule has 0 heterocycles. The maximum Gasteiger partial charge on any atom is 0.209 e. The molecule has 0 bridgehead atoms. The van der Waals surface area contributed by atoms with E-state index in [0.29, 0.717) is 11.8 Å². The minimum Gasteiger partial charge on any atom is -0.389 e. The quantitative estimate of drug-likeness (QED) is 0.398. The minimum atomic E-state index is -0.342. The molecular weight excluding hydrogens is 386 g/mol. The number of hydrogen-bond acceptors (Lipinski definition) is 5. The zero-order valence-corrected chi connectivity index (χ0v) is 18.5. The zero-order valence-electron chi connectivity index (χ0n) is 18.9. The second-order valence-electron chi connectivity index (χ2n) is 9.13. The second-order valence-corrected chi connectivity index (χ2v) is 9.90. The third kappa shape index (κ3) is 3.03. The predicted molar refractivity (Wildman–Crippen MR) is 121 cm³/mol. The first-order valence-corrected chi connectivity index (χ1v) is 11.8. The van der Waals surface area contributed by atoms with E-state index in [2.05, 4.69) is 39.0 Å². The summed E-state index contributed by atoms with van der Waals surface area (Å²) in [7, 11) is 2.46. The van der Waals surface area contributed by atoms with Gasteiger partial charge in [-0.25, -0.2) is 0 Å². The van der Waals surface area contributed by atoms with Gasteiger partial charge in [0.05, 0.1) is 18.3 Å². The van der Waals surface area contributed by atoms with Gasteiger partial charge in [-0.15, -0.1) is 0 Å². The van der Waals surface area contributed by atoms with Crippen molar-refractivity contribution in [3.05, 3.63) is 34.9 Å². The first-order chi connectivity index (χ1) is 14.4. The summed E-state index contributed by atoms with van der Waals surface area (Å²) in [6, 6.07) is 0. The number of aliphatic hydroxyl groups excluding tert-OH is 1. The third-order valence-electron chi connectivity index (χ3n) is 8.16. The fraction of sp³-hybridized carbons (Fsp3) is 0.714. The lowest BCUT2D eigenvalue weighted by Crippen LogP contribution is -2.52. The van der Waals surface area contributed by atoms with E-state index in [1.807, 2.05) is 0 Å². The van der Waals surface area contributed by atoms with Gasteiger partial charge in [0.2, 0.25) is 14.2 Å². The van der Waals surface area contributed by atoms with Crippen LogP contribution in [0.2, 0.25) is 0 Å². The van der Waals surface area contributed by atoms with Crippen molar-refractivity contribution in [1.29, 1.82) is 2.67 Å². The first-order valence-electron chi connectivity index (χ1n) is 11.4. The van der Waals surface area contributed by atoms with Gasteiger partial charge < -0.3 is 13.5 Å². The number of hydrogen-bond donors (Lipinski definition) is 1. The van der Waals surface area contributed by atoms with Crippen LogP contribution in [0, 0.1) is 22.7 Å². The highest BCUT2D eigenvalue weighted by Crippen LogP contribution is 2.65. The molecule has 0 aromatic carbocycles. The molecule has 0 aromatic rings. The van der Waals surface area contributed by atoms with Gasteiger partial charge >= 0.3 is 0 Å². The van der Waals surface area contributed by atoms with Crippen molar-refractivity contribution in [3.8, 4) is 0 Å². The molecule has 3 fully saturated rings. The van der Waals surface area contributed by atoms with E-state index in [1.54, 1.807) is 0 Å². The molecule has 0 saturated heterocycles. The molecule has 4 aliphatic carbocycles. The van der Waals surface area contributed by atoms with Crippen LogP contribution in [0.25, 0.3) is 0 Å². The maximum absolute atomic E-state index is 10.8. The van der Waals surface area contributed by atoms with Crippen LogP contribution in [0.15, 0.2) is 34.9 Å². The van der Waals surface area contributed by atoms with E-state index in [-0.39, 0.29) is 29.1 Å². The van der Waals surface area contributed by atoms with Crippen LogP contribution in [0.1, 0.15) is 52.9 Å². The summed E-state index contributed by atoms with van der Waals surface area (Å²) in [6.07, 6.45) is 10.9. The van der Waals surface area contributed by atoms with Crippen LogP contribution < -0.4 is 0 Å². The Morgan fingerprint density at radius 2 is 2.00 bits per heavy atom. The largest absolute Gasteiger partial charge is 0.389 e. The predicted octanol–water partition coefficient (Wildman–Crippen LogP) is 4.09. The topological polar surface area (TPSA) is 38.7 Å². The molecule has 0 amide bonds. The Bertz CT molecular complexity index is 765. The van der Waals surface area contributed by atoms with Gasteiger partial charge in [-0.2, -0.15) is 0 Å². The maximum atomic E-state index is 10.8. The van der Waals surface area contributed by atoms with Crippen molar-refractivity contribution in [2.45, 2.75) is 71.2 Å². The Balaban J connectivity index is 1.69. The summed E-state index contributed by atoms with van der Waals surface area (Å²) in [5, 5.41) is 10.8. The average Bonchev–Trinajstić information content (AvgIpc) is 3.00. The van der Waals surface area contributed by atoms with Crippen molar-refractivity contribution in [1.82, 2.24) is 0 Å². The molecule has 7 atom stereocenters. The molecule has 2 radical (unpaired) electrons. The van der Waals surface area contributed by atoms with Gasteiger partial charge in [-0.3, -0.25) is 0 Å². The third-order valence-corrected chi connectivity index (χ3v) is 8.89. The summed E-state index contributed by atoms with van der Waals surface area (Å²) < 4.78 is 26.7. The summed E-state index contributed by atoms with van der Waals surface area (Å²) >= 11 is 2.17. The molecular formula is C21H30B2O3S2. The standard InChI is InChI=1S/C21H30B2O3S2/c1-4-15-18(24)11-17-14-6-5-12-9-13(25-27-22)10-19(26-28-23)21(12,3)16(14)7-8-20(15,17)2/h4-6,13,16-19,22-24H,7-11H2,1-3H3/t13-,16?,17?,18-,19+,20-,21+/m1/s1/i22T,23T. The first kappa shape index (κ1) is 18.7. The van der Waals surface area contributed by atoms with Crippen molar-refractivity contribution >= 4 is 38.0 Å². The highest BCUT2D eigenvalue weighted by molar-refractivity contribution is 8.16. The molecule has 7 heteroatoms. The van der Waals surface area contributed by atoms with E-state index in [4.69, 9.17) is 11.0 Å². The number of aliphatic hydroxyl groups is 1. The minimum absolute atomic E-state index is 0.000930. The Labute approximate surface area is 182 Å². The lowest BCUT2D eigenvalue weighted by Gasteiger charge is -2.56. The fourth-order valence-electron chi connectivity index (χ4n) is 6.76. The van der Waals surface area contributed by atoms with Gasteiger partial charge in [-0.05, 0) is 58.1 Å². The Hall–Kier alpha value is -0.0701. The normalized spacial score (nSPS) is 47.1. The van der Waals surface area contributed by atoms with Gasteiger partial charge in [0, 0.05) is 11.8 Å². The molecule has 2 unspecified atom stereocenters. The lowest BCUT2D eigenvalue weighted by molar-refractivity contribution is -0.0141.